The van der Waals surface area contributed by atoms with Crippen molar-refractivity contribution in [3.05, 3.63) is 11.6 Å². The number of carbonyl (C=O) groups excluding carboxylic acids is 1. The molecule has 0 bridgehead atoms. The molecule has 2 aliphatic rings. The zero-order chi connectivity index (χ0) is 15.5. The van der Waals surface area contributed by atoms with E-state index >= 15 is 0 Å². The fraction of sp³-hybridized carbons (Fsp3) is 0.733. The highest BCUT2D eigenvalue weighted by Crippen LogP contribution is 2.37. The van der Waals surface area contributed by atoms with Crippen LogP contribution < -0.4 is 0 Å². The summed E-state index contributed by atoms with van der Waals surface area (Å²) in [7, 11) is 0. The van der Waals surface area contributed by atoms with E-state index in [1.807, 2.05) is 0 Å². The molecule has 0 aromatic rings. The summed E-state index contributed by atoms with van der Waals surface area (Å²) in [6.45, 7) is 0.00468. The molecule has 0 spiro atoms. The molecule has 1 fully saturated rings. The third-order valence-corrected chi connectivity index (χ3v) is 4.44. The number of rotatable bonds is 1. The predicted octanol–water partition coefficient (Wildman–Crippen LogP) is 3.57. The van der Waals surface area contributed by atoms with Gasteiger partial charge in [-0.2, -0.15) is 18.4 Å². The maximum atomic E-state index is 12.6. The summed E-state index contributed by atoms with van der Waals surface area (Å²) in [4.78, 5) is 14.0. The average molecular weight is 300 g/mol. The van der Waals surface area contributed by atoms with Gasteiger partial charge < -0.3 is 4.90 Å². The highest BCUT2D eigenvalue weighted by atomic mass is 19.4. The smallest absolute Gasteiger partial charge is 0.337 e. The molecule has 0 atom stereocenters. The standard InChI is InChI=1S/C15H19F3N2O/c16-15(17,18)12-5-9-20(10-6-12)13(21)14(11-19)7-3-1-2-4-8-14/h5H,1-4,6-10H2. The van der Waals surface area contributed by atoms with E-state index < -0.39 is 17.2 Å². The Labute approximate surface area is 122 Å². The number of nitriles is 1. The third-order valence-electron chi connectivity index (χ3n) is 4.44. The number of nitrogens with zero attached hydrogens (tertiary/aromatic N) is 2. The minimum Gasteiger partial charge on any atom is -0.337 e. The highest BCUT2D eigenvalue weighted by Gasteiger charge is 2.43. The molecule has 0 aromatic carbocycles. The van der Waals surface area contributed by atoms with E-state index in [0.717, 1.165) is 31.8 Å². The Bertz CT molecular complexity index is 468. The van der Waals surface area contributed by atoms with Gasteiger partial charge in [-0.1, -0.05) is 31.8 Å². The van der Waals surface area contributed by atoms with E-state index in [1.165, 1.54) is 4.90 Å². The Balaban J connectivity index is 2.10. The number of hydrogen-bond acceptors (Lipinski definition) is 2. The van der Waals surface area contributed by atoms with Crippen LogP contribution in [0.15, 0.2) is 11.6 Å². The lowest BCUT2D eigenvalue weighted by atomic mass is 9.80. The van der Waals surface area contributed by atoms with Crippen molar-refractivity contribution in [2.45, 2.75) is 51.1 Å². The van der Waals surface area contributed by atoms with Crippen LogP contribution >= 0.6 is 0 Å². The molecule has 0 N–H and O–H groups in total. The van der Waals surface area contributed by atoms with Crippen LogP contribution in [0.1, 0.15) is 44.9 Å². The van der Waals surface area contributed by atoms with Gasteiger partial charge in [0.05, 0.1) is 6.07 Å². The molecule has 21 heavy (non-hydrogen) atoms. The second-order valence-electron chi connectivity index (χ2n) is 5.84. The zero-order valence-corrected chi connectivity index (χ0v) is 11.9. The molecule has 0 radical (unpaired) electrons. The van der Waals surface area contributed by atoms with Crippen LogP contribution in [0.2, 0.25) is 0 Å². The molecule has 0 aromatic heterocycles. The van der Waals surface area contributed by atoms with Crippen LogP contribution in [0.25, 0.3) is 0 Å². The van der Waals surface area contributed by atoms with Gasteiger partial charge in [-0.3, -0.25) is 4.79 Å². The van der Waals surface area contributed by atoms with E-state index in [9.17, 15) is 23.2 Å². The van der Waals surface area contributed by atoms with Gasteiger partial charge in [0, 0.05) is 18.7 Å². The van der Waals surface area contributed by atoms with Gasteiger partial charge in [-0.25, -0.2) is 0 Å². The molecule has 1 aliphatic carbocycles. The number of alkyl halides is 3. The maximum absolute atomic E-state index is 12.6. The average Bonchev–Trinajstić information content (AvgIpc) is 2.72. The van der Waals surface area contributed by atoms with E-state index in [2.05, 4.69) is 6.07 Å². The van der Waals surface area contributed by atoms with Gasteiger partial charge >= 0.3 is 6.18 Å². The molecule has 0 unspecified atom stereocenters. The number of hydrogen-bond donors (Lipinski definition) is 0. The molecule has 1 amide bonds. The Hall–Kier alpha value is -1.51. The van der Waals surface area contributed by atoms with Gasteiger partial charge in [-0.15, -0.1) is 0 Å². The van der Waals surface area contributed by atoms with E-state index in [1.54, 1.807) is 0 Å². The first-order valence-electron chi connectivity index (χ1n) is 7.36. The van der Waals surface area contributed by atoms with Crippen LogP contribution in [0.3, 0.4) is 0 Å². The minimum atomic E-state index is -4.32. The lowest BCUT2D eigenvalue weighted by molar-refractivity contribution is -0.140. The van der Waals surface area contributed by atoms with Crippen molar-refractivity contribution < 1.29 is 18.0 Å². The molecule has 2 rings (SSSR count). The normalized spacial score (nSPS) is 23.0. The third kappa shape index (κ3) is 3.39. The van der Waals surface area contributed by atoms with E-state index in [0.29, 0.717) is 12.8 Å². The molecule has 0 saturated heterocycles. The maximum Gasteiger partial charge on any atom is 0.412 e. The van der Waals surface area contributed by atoms with E-state index in [-0.39, 0.29) is 25.4 Å². The van der Waals surface area contributed by atoms with Crippen LogP contribution in [0.4, 0.5) is 13.2 Å². The summed E-state index contributed by atoms with van der Waals surface area (Å²) in [5.41, 5.74) is -1.60. The Morgan fingerprint density at radius 3 is 2.29 bits per heavy atom. The number of halogens is 3. The summed E-state index contributed by atoms with van der Waals surface area (Å²) in [5.74, 6) is -0.288. The van der Waals surface area contributed by atoms with Crippen molar-refractivity contribution >= 4 is 5.91 Å². The van der Waals surface area contributed by atoms with Crippen molar-refractivity contribution in [3.63, 3.8) is 0 Å². The summed E-state index contributed by atoms with van der Waals surface area (Å²) in [6.07, 6.45) is 1.30. The molecule has 6 heteroatoms. The summed E-state index contributed by atoms with van der Waals surface area (Å²) >= 11 is 0. The SMILES string of the molecule is N#CC1(C(=O)N2CC=C(C(F)(F)F)CC2)CCCCCC1. The molecule has 1 aliphatic heterocycles. The molecule has 1 heterocycles. The van der Waals surface area contributed by atoms with Crippen LogP contribution in [-0.2, 0) is 4.79 Å². The largest absolute Gasteiger partial charge is 0.412 e. The highest BCUT2D eigenvalue weighted by molar-refractivity contribution is 5.85. The topological polar surface area (TPSA) is 44.1 Å². The predicted molar refractivity (Wildman–Crippen MR) is 71.1 cm³/mol. The molecule has 3 nitrogen and oxygen atoms in total. The molecule has 1 saturated carbocycles. The fourth-order valence-corrected chi connectivity index (χ4v) is 3.12. The minimum absolute atomic E-state index is 0.0445. The van der Waals surface area contributed by atoms with Gasteiger partial charge in [-0.05, 0) is 19.3 Å². The zero-order valence-electron chi connectivity index (χ0n) is 11.9. The van der Waals surface area contributed by atoms with E-state index in [4.69, 9.17) is 0 Å². The Kier molecular flexibility index (Phi) is 4.60. The van der Waals surface area contributed by atoms with Crippen LogP contribution in [0, 0.1) is 16.7 Å². The summed E-state index contributed by atoms with van der Waals surface area (Å²) in [5, 5.41) is 9.46. The van der Waals surface area contributed by atoms with Gasteiger partial charge in [0.2, 0.25) is 5.91 Å². The Morgan fingerprint density at radius 2 is 1.86 bits per heavy atom. The van der Waals surface area contributed by atoms with Crippen molar-refractivity contribution in [2.24, 2.45) is 5.41 Å². The van der Waals surface area contributed by atoms with Crippen molar-refractivity contribution in [1.29, 1.82) is 5.26 Å². The van der Waals surface area contributed by atoms with Gasteiger partial charge in [0.25, 0.3) is 0 Å². The lowest BCUT2D eigenvalue weighted by Crippen LogP contribution is -2.45. The van der Waals surface area contributed by atoms with Crippen LogP contribution in [0.5, 0.6) is 0 Å². The van der Waals surface area contributed by atoms with Crippen molar-refractivity contribution in [1.82, 2.24) is 4.90 Å². The van der Waals surface area contributed by atoms with Crippen molar-refractivity contribution in [3.8, 4) is 6.07 Å². The summed E-state index contributed by atoms with van der Waals surface area (Å²) < 4.78 is 37.8. The first kappa shape index (κ1) is 15.9. The lowest BCUT2D eigenvalue weighted by Gasteiger charge is -2.34. The molecular weight excluding hydrogens is 281 g/mol. The second-order valence-corrected chi connectivity index (χ2v) is 5.84. The van der Waals surface area contributed by atoms with Gasteiger partial charge in [0.15, 0.2) is 0 Å². The van der Waals surface area contributed by atoms with Crippen molar-refractivity contribution in [2.75, 3.05) is 13.1 Å². The first-order chi connectivity index (χ1) is 9.89. The number of amides is 1. The molecular formula is C15H19F3N2O. The monoisotopic (exact) mass is 300 g/mol. The summed E-state index contributed by atoms with van der Waals surface area (Å²) in [6, 6.07) is 2.16. The van der Waals surface area contributed by atoms with Gasteiger partial charge in [0.1, 0.15) is 5.41 Å². The first-order valence-corrected chi connectivity index (χ1v) is 7.36. The quantitative estimate of drug-likeness (QED) is 0.549. The fourth-order valence-electron chi connectivity index (χ4n) is 3.12. The number of carbonyl (C=O) groups is 1. The second kappa shape index (κ2) is 6.08. The Morgan fingerprint density at radius 1 is 1.24 bits per heavy atom. The van der Waals surface area contributed by atoms with Crippen LogP contribution in [-0.4, -0.2) is 30.1 Å². The molecule has 116 valence electrons.